The van der Waals surface area contributed by atoms with Crippen LogP contribution in [0.5, 0.6) is 11.5 Å². The van der Waals surface area contributed by atoms with Crippen molar-refractivity contribution >= 4 is 11.9 Å². The predicted octanol–water partition coefficient (Wildman–Crippen LogP) is 7.35. The van der Waals surface area contributed by atoms with E-state index in [9.17, 15) is 9.59 Å². The molecule has 0 unspecified atom stereocenters. The Bertz CT molecular complexity index is 877. The average Bonchev–Trinajstić information content (AvgIpc) is 2.90. The van der Waals surface area contributed by atoms with E-state index in [2.05, 4.69) is 13.8 Å². The van der Waals surface area contributed by atoms with E-state index < -0.39 is 17.7 Å². The Labute approximate surface area is 215 Å². The largest absolute Gasteiger partial charge is 0.494 e. The van der Waals surface area contributed by atoms with Crippen LogP contribution in [0, 0.1) is 5.92 Å². The van der Waals surface area contributed by atoms with Gasteiger partial charge in [0.2, 0.25) is 0 Å². The maximum absolute atomic E-state index is 13.1. The minimum absolute atomic E-state index is 0.0625. The molecule has 0 aromatic heterocycles. The number of esters is 2. The first-order chi connectivity index (χ1) is 17.4. The number of hydrogen-bond acceptors (Lipinski definition) is 6. The maximum Gasteiger partial charge on any atom is 0.341 e. The molecule has 0 bridgehead atoms. The van der Waals surface area contributed by atoms with Crippen LogP contribution in [0.25, 0.3) is 0 Å². The van der Waals surface area contributed by atoms with Crippen LogP contribution in [0.3, 0.4) is 0 Å². The zero-order valence-corrected chi connectivity index (χ0v) is 21.9. The van der Waals surface area contributed by atoms with Gasteiger partial charge >= 0.3 is 11.9 Å². The standard InChI is InChI=1S/C30H40O6/c1-4-6-21-33-26-17-13-23(14-18-26)28(31)35-30(3,25-11-9-8-10-12-25)36-29(32)24-15-19-27(20-16-24)34-22-7-5-2/h13-20,25H,4-12,21-22H2,1-3H3. The highest BCUT2D eigenvalue weighted by Gasteiger charge is 2.43. The van der Waals surface area contributed by atoms with Crippen molar-refractivity contribution < 1.29 is 28.5 Å². The molecule has 0 saturated heterocycles. The highest BCUT2D eigenvalue weighted by Crippen LogP contribution is 2.37. The lowest BCUT2D eigenvalue weighted by molar-refractivity contribution is -0.195. The van der Waals surface area contributed by atoms with Gasteiger partial charge in [0.15, 0.2) is 0 Å². The third-order valence-corrected chi connectivity index (χ3v) is 6.65. The van der Waals surface area contributed by atoms with Gasteiger partial charge in [-0.15, -0.1) is 0 Å². The average molecular weight is 497 g/mol. The quantitative estimate of drug-likeness (QED) is 0.164. The molecule has 0 spiro atoms. The van der Waals surface area contributed by atoms with Crippen molar-refractivity contribution in [2.24, 2.45) is 5.92 Å². The Balaban J connectivity index is 1.69. The van der Waals surface area contributed by atoms with Crippen molar-refractivity contribution in [1.82, 2.24) is 0 Å². The zero-order valence-electron chi connectivity index (χ0n) is 21.9. The smallest absolute Gasteiger partial charge is 0.341 e. The van der Waals surface area contributed by atoms with Crippen molar-refractivity contribution in [3.8, 4) is 11.5 Å². The molecule has 0 aliphatic heterocycles. The Morgan fingerprint density at radius 3 is 1.53 bits per heavy atom. The van der Waals surface area contributed by atoms with Gasteiger partial charge in [0.25, 0.3) is 5.79 Å². The highest BCUT2D eigenvalue weighted by atomic mass is 16.7. The monoisotopic (exact) mass is 496 g/mol. The first-order valence-corrected chi connectivity index (χ1v) is 13.4. The van der Waals surface area contributed by atoms with Gasteiger partial charge in [0.05, 0.1) is 24.3 Å². The van der Waals surface area contributed by atoms with Gasteiger partial charge in [0, 0.05) is 12.8 Å². The van der Waals surface area contributed by atoms with Crippen molar-refractivity contribution in [2.75, 3.05) is 13.2 Å². The molecule has 0 amide bonds. The van der Waals surface area contributed by atoms with Crippen LogP contribution in [-0.4, -0.2) is 30.9 Å². The number of carbonyl (C=O) groups is 2. The second-order valence-corrected chi connectivity index (χ2v) is 9.58. The van der Waals surface area contributed by atoms with Crippen LogP contribution in [0.15, 0.2) is 48.5 Å². The minimum Gasteiger partial charge on any atom is -0.494 e. The predicted molar refractivity (Wildman–Crippen MR) is 140 cm³/mol. The molecular formula is C30H40O6. The summed E-state index contributed by atoms with van der Waals surface area (Å²) >= 11 is 0. The molecule has 36 heavy (non-hydrogen) atoms. The van der Waals surface area contributed by atoms with Gasteiger partial charge in [0.1, 0.15) is 11.5 Å². The van der Waals surface area contributed by atoms with Gasteiger partial charge in [-0.3, -0.25) is 0 Å². The van der Waals surface area contributed by atoms with Gasteiger partial charge < -0.3 is 18.9 Å². The fourth-order valence-electron chi connectivity index (χ4n) is 4.34. The van der Waals surface area contributed by atoms with Gasteiger partial charge in [-0.2, -0.15) is 0 Å². The molecule has 2 aromatic carbocycles. The topological polar surface area (TPSA) is 71.1 Å². The molecular weight excluding hydrogens is 456 g/mol. The van der Waals surface area contributed by atoms with Gasteiger partial charge in [-0.05, 0) is 74.2 Å². The number of unbranched alkanes of at least 4 members (excludes halogenated alkanes) is 2. The Kier molecular flexibility index (Phi) is 10.6. The third-order valence-electron chi connectivity index (χ3n) is 6.65. The second kappa shape index (κ2) is 13.9. The molecule has 2 aromatic rings. The lowest BCUT2D eigenvalue weighted by Crippen LogP contribution is -2.45. The molecule has 196 valence electrons. The van der Waals surface area contributed by atoms with Crippen molar-refractivity contribution in [1.29, 1.82) is 0 Å². The summed E-state index contributed by atoms with van der Waals surface area (Å²) in [6.45, 7) is 7.21. The highest BCUT2D eigenvalue weighted by molar-refractivity contribution is 5.91. The van der Waals surface area contributed by atoms with Crippen LogP contribution in [-0.2, 0) is 9.47 Å². The van der Waals surface area contributed by atoms with E-state index in [1.165, 1.54) is 0 Å². The van der Waals surface area contributed by atoms with E-state index in [1.807, 2.05) is 0 Å². The van der Waals surface area contributed by atoms with Crippen molar-refractivity contribution in [2.45, 2.75) is 84.3 Å². The SMILES string of the molecule is CCCCOc1ccc(C(=O)OC(C)(OC(=O)c2ccc(OCCCC)cc2)C2CCCCC2)cc1. The normalized spacial score (nSPS) is 14.2. The number of benzene rings is 2. The number of rotatable bonds is 13. The molecule has 1 fully saturated rings. The van der Waals surface area contributed by atoms with E-state index >= 15 is 0 Å². The molecule has 1 aliphatic carbocycles. The number of ether oxygens (including phenoxy) is 4. The summed E-state index contributed by atoms with van der Waals surface area (Å²) in [5.74, 6) is -1.03. The van der Waals surface area contributed by atoms with E-state index in [1.54, 1.807) is 55.5 Å². The lowest BCUT2D eigenvalue weighted by atomic mass is 9.83. The molecule has 0 N–H and O–H groups in total. The summed E-state index contributed by atoms with van der Waals surface area (Å²) in [6, 6.07) is 13.8. The molecule has 3 rings (SSSR count). The molecule has 1 saturated carbocycles. The molecule has 6 nitrogen and oxygen atoms in total. The Morgan fingerprint density at radius 2 is 1.14 bits per heavy atom. The summed E-state index contributed by atoms with van der Waals surface area (Å²) in [5, 5.41) is 0. The minimum atomic E-state index is -1.36. The number of carbonyl (C=O) groups excluding carboxylic acids is 2. The van der Waals surface area contributed by atoms with Gasteiger partial charge in [-0.25, -0.2) is 9.59 Å². The molecule has 0 radical (unpaired) electrons. The Hall–Kier alpha value is -3.02. The van der Waals surface area contributed by atoms with Crippen LogP contribution in [0.1, 0.15) is 99.3 Å². The van der Waals surface area contributed by atoms with Crippen LogP contribution in [0.4, 0.5) is 0 Å². The van der Waals surface area contributed by atoms with Crippen molar-refractivity contribution in [3.05, 3.63) is 59.7 Å². The molecule has 0 atom stereocenters. The lowest BCUT2D eigenvalue weighted by Gasteiger charge is -2.38. The molecule has 0 heterocycles. The van der Waals surface area contributed by atoms with E-state index in [0.29, 0.717) is 35.8 Å². The second-order valence-electron chi connectivity index (χ2n) is 9.58. The fourth-order valence-corrected chi connectivity index (χ4v) is 4.34. The summed E-state index contributed by atoms with van der Waals surface area (Å²) < 4.78 is 23.2. The summed E-state index contributed by atoms with van der Waals surface area (Å²) in [6.07, 6.45) is 8.91. The first kappa shape index (κ1) is 27.6. The van der Waals surface area contributed by atoms with Crippen LogP contribution < -0.4 is 9.47 Å². The van der Waals surface area contributed by atoms with E-state index in [-0.39, 0.29) is 5.92 Å². The summed E-state index contributed by atoms with van der Waals surface area (Å²) in [4.78, 5) is 26.2. The maximum atomic E-state index is 13.1. The molecule has 6 heteroatoms. The fraction of sp³-hybridized carbons (Fsp3) is 0.533. The summed E-state index contributed by atoms with van der Waals surface area (Å²) in [7, 11) is 0. The van der Waals surface area contributed by atoms with Crippen LogP contribution in [0.2, 0.25) is 0 Å². The van der Waals surface area contributed by atoms with Crippen molar-refractivity contribution in [3.63, 3.8) is 0 Å². The van der Waals surface area contributed by atoms with E-state index in [4.69, 9.17) is 18.9 Å². The summed E-state index contributed by atoms with van der Waals surface area (Å²) in [5.41, 5.74) is 0.786. The van der Waals surface area contributed by atoms with Crippen LogP contribution >= 0.6 is 0 Å². The first-order valence-electron chi connectivity index (χ1n) is 13.4. The zero-order chi connectivity index (χ0) is 25.8. The van der Waals surface area contributed by atoms with E-state index in [0.717, 1.165) is 57.8 Å². The van der Waals surface area contributed by atoms with Gasteiger partial charge in [-0.1, -0.05) is 46.0 Å². The third kappa shape index (κ3) is 8.00. The Morgan fingerprint density at radius 1 is 0.722 bits per heavy atom. The molecule has 1 aliphatic rings. The number of hydrogen-bond donors (Lipinski definition) is 0.